The van der Waals surface area contributed by atoms with E-state index in [4.69, 9.17) is 15.2 Å². The van der Waals surface area contributed by atoms with Gasteiger partial charge >= 0.3 is 0 Å². The molecule has 1 amide bonds. The third-order valence-electron chi connectivity index (χ3n) is 3.44. The number of amides is 1. The van der Waals surface area contributed by atoms with Gasteiger partial charge < -0.3 is 20.5 Å². The van der Waals surface area contributed by atoms with Gasteiger partial charge in [0.05, 0.1) is 25.3 Å². The number of ether oxygens (including phenoxy) is 2. The lowest BCUT2D eigenvalue weighted by atomic mass is 9.86. The van der Waals surface area contributed by atoms with E-state index in [-0.39, 0.29) is 5.91 Å². The minimum atomic E-state index is -0.578. The number of hydrogen-bond acceptors (Lipinski definition) is 4. The molecule has 0 spiro atoms. The van der Waals surface area contributed by atoms with Gasteiger partial charge in [-0.05, 0) is 25.5 Å². The Morgan fingerprint density at radius 3 is 2.53 bits per heavy atom. The fraction of sp³-hybridized carbons (Fsp3) is 0.500. The molecule has 106 valence electrons. The highest BCUT2D eigenvalue weighted by atomic mass is 16.5. The summed E-state index contributed by atoms with van der Waals surface area (Å²) in [5.74, 6) is 1.12. The summed E-state index contributed by atoms with van der Waals surface area (Å²) in [6.45, 7) is 4.09. The van der Waals surface area contributed by atoms with E-state index in [1.165, 1.54) is 0 Å². The summed E-state index contributed by atoms with van der Waals surface area (Å²) in [5.41, 5.74) is 5.71. The zero-order chi connectivity index (χ0) is 14.5. The molecule has 1 rings (SSSR count). The molecule has 0 aliphatic heterocycles. The average Bonchev–Trinajstić information content (AvgIpc) is 2.46. The minimum absolute atomic E-state index is 0.110. The van der Waals surface area contributed by atoms with Crippen LogP contribution in [0.5, 0.6) is 11.5 Å². The number of anilines is 1. The molecule has 19 heavy (non-hydrogen) atoms. The Hall–Kier alpha value is -1.75. The third-order valence-corrected chi connectivity index (χ3v) is 3.44. The van der Waals surface area contributed by atoms with Crippen LogP contribution in [0.1, 0.15) is 20.3 Å². The first-order valence-corrected chi connectivity index (χ1v) is 6.24. The molecule has 0 aliphatic carbocycles. The van der Waals surface area contributed by atoms with E-state index in [9.17, 15) is 4.79 Å². The minimum Gasteiger partial charge on any atom is -0.497 e. The van der Waals surface area contributed by atoms with E-state index >= 15 is 0 Å². The van der Waals surface area contributed by atoms with Crippen LogP contribution in [0.3, 0.4) is 0 Å². The molecule has 0 aromatic heterocycles. The van der Waals surface area contributed by atoms with Gasteiger partial charge in [-0.1, -0.05) is 6.92 Å². The van der Waals surface area contributed by atoms with Crippen molar-refractivity contribution in [2.75, 3.05) is 26.1 Å². The number of carbonyl (C=O) groups excluding carboxylic acids is 1. The largest absolute Gasteiger partial charge is 0.497 e. The number of nitrogens with one attached hydrogen (secondary N) is 1. The van der Waals surface area contributed by atoms with Gasteiger partial charge in [0.15, 0.2) is 0 Å². The quantitative estimate of drug-likeness (QED) is 0.826. The predicted octanol–water partition coefficient (Wildman–Crippen LogP) is 2.02. The highest BCUT2D eigenvalue weighted by Gasteiger charge is 2.30. The van der Waals surface area contributed by atoms with Crippen LogP contribution < -0.4 is 20.5 Å². The molecule has 1 unspecified atom stereocenters. The van der Waals surface area contributed by atoms with Crippen molar-refractivity contribution in [3.05, 3.63) is 18.2 Å². The van der Waals surface area contributed by atoms with Crippen molar-refractivity contribution < 1.29 is 14.3 Å². The summed E-state index contributed by atoms with van der Waals surface area (Å²) < 4.78 is 10.4. The predicted molar refractivity (Wildman–Crippen MR) is 75.6 cm³/mol. The molecule has 3 N–H and O–H groups in total. The summed E-state index contributed by atoms with van der Waals surface area (Å²) in [6, 6.07) is 5.24. The van der Waals surface area contributed by atoms with Gasteiger partial charge in [0.1, 0.15) is 11.5 Å². The van der Waals surface area contributed by atoms with Crippen LogP contribution in [0, 0.1) is 5.41 Å². The Bertz CT molecular complexity index is 442. The molecule has 5 heteroatoms. The zero-order valence-electron chi connectivity index (χ0n) is 11.9. The van der Waals surface area contributed by atoms with Gasteiger partial charge in [-0.3, -0.25) is 4.79 Å². The Labute approximate surface area is 114 Å². The second-order valence-electron chi connectivity index (χ2n) is 4.64. The third kappa shape index (κ3) is 3.38. The van der Waals surface area contributed by atoms with Crippen molar-refractivity contribution in [3.63, 3.8) is 0 Å². The number of rotatable bonds is 6. The molecule has 0 saturated carbocycles. The standard InChI is InChI=1S/C14H22N2O3/c1-5-14(2,9-15)13(17)16-11-7-6-10(18-3)8-12(11)19-4/h6-8H,5,9,15H2,1-4H3,(H,16,17). The number of hydrogen-bond donors (Lipinski definition) is 2. The number of nitrogens with two attached hydrogens (primary N) is 1. The van der Waals surface area contributed by atoms with Gasteiger partial charge in [-0.2, -0.15) is 0 Å². The molecule has 0 radical (unpaired) electrons. The van der Waals surface area contributed by atoms with Crippen LogP contribution in [0.25, 0.3) is 0 Å². The summed E-state index contributed by atoms with van der Waals surface area (Å²) >= 11 is 0. The molecule has 1 aromatic rings. The van der Waals surface area contributed by atoms with E-state index in [1.54, 1.807) is 32.4 Å². The fourth-order valence-corrected chi connectivity index (χ4v) is 1.57. The second kappa shape index (κ2) is 6.43. The first kappa shape index (κ1) is 15.3. The van der Waals surface area contributed by atoms with Gasteiger partial charge in [-0.25, -0.2) is 0 Å². The van der Waals surface area contributed by atoms with E-state index in [1.807, 2.05) is 13.8 Å². The smallest absolute Gasteiger partial charge is 0.231 e. The van der Waals surface area contributed by atoms with Gasteiger partial charge in [0.25, 0.3) is 0 Å². The average molecular weight is 266 g/mol. The molecule has 1 aromatic carbocycles. The van der Waals surface area contributed by atoms with Crippen molar-refractivity contribution >= 4 is 11.6 Å². The highest BCUT2D eigenvalue weighted by molar-refractivity contribution is 5.96. The normalized spacial score (nSPS) is 13.5. The van der Waals surface area contributed by atoms with Crippen molar-refractivity contribution in [2.24, 2.45) is 11.1 Å². The summed E-state index contributed by atoms with van der Waals surface area (Å²) in [6.07, 6.45) is 0.674. The zero-order valence-corrected chi connectivity index (χ0v) is 11.9. The fourth-order valence-electron chi connectivity index (χ4n) is 1.57. The number of benzene rings is 1. The maximum Gasteiger partial charge on any atom is 0.231 e. The first-order chi connectivity index (χ1) is 9.00. The van der Waals surface area contributed by atoms with E-state index < -0.39 is 5.41 Å². The van der Waals surface area contributed by atoms with Crippen molar-refractivity contribution in [1.82, 2.24) is 0 Å². The monoisotopic (exact) mass is 266 g/mol. The highest BCUT2D eigenvalue weighted by Crippen LogP contribution is 2.31. The van der Waals surface area contributed by atoms with E-state index in [0.29, 0.717) is 30.2 Å². The Kier molecular flexibility index (Phi) is 5.18. The second-order valence-corrected chi connectivity index (χ2v) is 4.64. The maximum atomic E-state index is 12.2. The van der Waals surface area contributed by atoms with Crippen LogP contribution in [0.4, 0.5) is 5.69 Å². The Morgan fingerprint density at radius 1 is 1.37 bits per heavy atom. The number of carbonyl (C=O) groups is 1. The van der Waals surface area contributed by atoms with Crippen LogP contribution in [0.2, 0.25) is 0 Å². The van der Waals surface area contributed by atoms with Crippen LogP contribution in [-0.2, 0) is 4.79 Å². The van der Waals surface area contributed by atoms with Crippen molar-refractivity contribution in [1.29, 1.82) is 0 Å². The topological polar surface area (TPSA) is 73.6 Å². The molecular weight excluding hydrogens is 244 g/mol. The number of methoxy groups -OCH3 is 2. The summed E-state index contributed by atoms with van der Waals surface area (Å²) in [4.78, 5) is 12.2. The first-order valence-electron chi connectivity index (χ1n) is 6.24. The summed E-state index contributed by atoms with van der Waals surface area (Å²) in [7, 11) is 3.13. The van der Waals surface area contributed by atoms with Crippen LogP contribution in [-0.4, -0.2) is 26.7 Å². The molecule has 0 saturated heterocycles. The summed E-state index contributed by atoms with van der Waals surface area (Å²) in [5, 5.41) is 2.86. The molecule has 0 heterocycles. The maximum absolute atomic E-state index is 12.2. The van der Waals surface area contributed by atoms with Crippen molar-refractivity contribution in [3.8, 4) is 11.5 Å². The molecule has 0 fully saturated rings. The lowest BCUT2D eigenvalue weighted by molar-refractivity contribution is -0.124. The Morgan fingerprint density at radius 2 is 2.05 bits per heavy atom. The molecule has 0 aliphatic rings. The lowest BCUT2D eigenvalue weighted by Crippen LogP contribution is -2.39. The van der Waals surface area contributed by atoms with Crippen LogP contribution >= 0.6 is 0 Å². The molecular formula is C14H22N2O3. The Balaban J connectivity index is 2.96. The SMILES string of the molecule is CCC(C)(CN)C(=O)Nc1ccc(OC)cc1OC. The van der Waals surface area contributed by atoms with Gasteiger partial charge in [0, 0.05) is 12.6 Å². The van der Waals surface area contributed by atoms with E-state index in [0.717, 1.165) is 0 Å². The molecule has 5 nitrogen and oxygen atoms in total. The lowest BCUT2D eigenvalue weighted by Gasteiger charge is -2.25. The van der Waals surface area contributed by atoms with E-state index in [2.05, 4.69) is 5.32 Å². The van der Waals surface area contributed by atoms with Gasteiger partial charge in [-0.15, -0.1) is 0 Å². The van der Waals surface area contributed by atoms with Crippen molar-refractivity contribution in [2.45, 2.75) is 20.3 Å². The molecule has 1 atom stereocenters. The van der Waals surface area contributed by atoms with Gasteiger partial charge in [0.2, 0.25) is 5.91 Å². The molecule has 0 bridgehead atoms. The van der Waals surface area contributed by atoms with Crippen LogP contribution in [0.15, 0.2) is 18.2 Å².